The Bertz CT molecular complexity index is 259. The highest BCUT2D eigenvalue weighted by Crippen LogP contribution is 2.28. The summed E-state index contributed by atoms with van der Waals surface area (Å²) in [7, 11) is 0. The first-order chi connectivity index (χ1) is 6.42. The zero-order chi connectivity index (χ0) is 9.10. The highest BCUT2D eigenvalue weighted by molar-refractivity contribution is 5.18. The number of nitrogens with zero attached hydrogens (tertiary/aromatic N) is 1. The fraction of sp³-hybridized carbons (Fsp3) is 0.500. The third-order valence-corrected chi connectivity index (χ3v) is 2.62. The van der Waals surface area contributed by atoms with Crippen LogP contribution in [0, 0.1) is 5.92 Å². The molecule has 1 atom stereocenters. The van der Waals surface area contributed by atoms with E-state index >= 15 is 0 Å². The smallest absolute Gasteiger partial charge is 0.0522 e. The van der Waals surface area contributed by atoms with Crippen molar-refractivity contribution in [2.24, 2.45) is 11.7 Å². The highest BCUT2D eigenvalue weighted by atomic mass is 16.5. The summed E-state index contributed by atoms with van der Waals surface area (Å²) in [6.45, 7) is 2.40. The minimum atomic E-state index is 0.441. The predicted molar refractivity (Wildman–Crippen MR) is 50.3 cm³/mol. The molecule has 1 aromatic rings. The van der Waals surface area contributed by atoms with E-state index in [2.05, 4.69) is 4.98 Å². The molecular weight excluding hydrogens is 164 g/mol. The van der Waals surface area contributed by atoms with Crippen molar-refractivity contribution in [2.75, 3.05) is 19.8 Å². The van der Waals surface area contributed by atoms with Crippen LogP contribution in [0.5, 0.6) is 0 Å². The van der Waals surface area contributed by atoms with Gasteiger partial charge in [-0.1, -0.05) is 0 Å². The van der Waals surface area contributed by atoms with Gasteiger partial charge in [0, 0.05) is 24.2 Å². The fourth-order valence-corrected chi connectivity index (χ4v) is 1.70. The quantitative estimate of drug-likeness (QED) is 0.743. The second-order valence-corrected chi connectivity index (χ2v) is 3.42. The summed E-state index contributed by atoms with van der Waals surface area (Å²) in [4.78, 5) is 3.99. The zero-order valence-electron chi connectivity index (χ0n) is 7.52. The van der Waals surface area contributed by atoms with Crippen molar-refractivity contribution < 1.29 is 4.74 Å². The van der Waals surface area contributed by atoms with Crippen LogP contribution >= 0.6 is 0 Å². The second-order valence-electron chi connectivity index (χ2n) is 3.42. The van der Waals surface area contributed by atoms with Crippen molar-refractivity contribution in [1.82, 2.24) is 4.98 Å². The van der Waals surface area contributed by atoms with Crippen LogP contribution < -0.4 is 5.73 Å². The molecule has 1 aliphatic rings. The minimum Gasteiger partial charge on any atom is -0.381 e. The maximum Gasteiger partial charge on any atom is 0.0522 e. The van der Waals surface area contributed by atoms with Gasteiger partial charge in [0.25, 0.3) is 0 Å². The van der Waals surface area contributed by atoms with Crippen LogP contribution in [0.1, 0.15) is 11.5 Å². The summed E-state index contributed by atoms with van der Waals surface area (Å²) in [5.74, 6) is 1.05. The van der Waals surface area contributed by atoms with Crippen molar-refractivity contribution in [3.63, 3.8) is 0 Å². The largest absolute Gasteiger partial charge is 0.381 e. The first-order valence-electron chi connectivity index (χ1n) is 4.59. The standard InChI is InChI=1S/C10H14N2O/c11-5-10(9-6-13-7-9)8-1-3-12-4-2-8/h1-4,9-10H,5-7,11H2. The maximum absolute atomic E-state index is 5.74. The first kappa shape index (κ1) is 8.66. The van der Waals surface area contributed by atoms with Gasteiger partial charge in [-0.2, -0.15) is 0 Å². The number of ether oxygens (including phenoxy) is 1. The maximum atomic E-state index is 5.74. The first-order valence-corrected chi connectivity index (χ1v) is 4.59. The van der Waals surface area contributed by atoms with Gasteiger partial charge in [-0.15, -0.1) is 0 Å². The molecular formula is C10H14N2O. The van der Waals surface area contributed by atoms with E-state index in [1.807, 2.05) is 24.5 Å². The van der Waals surface area contributed by atoms with E-state index in [1.54, 1.807) is 0 Å². The summed E-state index contributed by atoms with van der Waals surface area (Å²) >= 11 is 0. The van der Waals surface area contributed by atoms with Crippen LogP contribution in [-0.4, -0.2) is 24.7 Å². The van der Waals surface area contributed by atoms with E-state index in [9.17, 15) is 0 Å². The molecule has 0 saturated carbocycles. The molecule has 0 amide bonds. The Hall–Kier alpha value is -0.930. The molecule has 1 aliphatic heterocycles. The Morgan fingerprint density at radius 1 is 1.46 bits per heavy atom. The average molecular weight is 178 g/mol. The molecule has 0 spiro atoms. The molecule has 2 N–H and O–H groups in total. The van der Waals surface area contributed by atoms with Gasteiger partial charge >= 0.3 is 0 Å². The number of hydrogen-bond donors (Lipinski definition) is 1. The van der Waals surface area contributed by atoms with Crippen molar-refractivity contribution in [1.29, 1.82) is 0 Å². The van der Waals surface area contributed by atoms with Gasteiger partial charge in [-0.25, -0.2) is 0 Å². The minimum absolute atomic E-state index is 0.441. The molecule has 1 aromatic heterocycles. The van der Waals surface area contributed by atoms with E-state index in [0.29, 0.717) is 18.4 Å². The molecule has 70 valence electrons. The van der Waals surface area contributed by atoms with Crippen LogP contribution in [0.25, 0.3) is 0 Å². The Morgan fingerprint density at radius 3 is 2.62 bits per heavy atom. The molecule has 13 heavy (non-hydrogen) atoms. The summed E-state index contributed by atoms with van der Waals surface area (Å²) in [5, 5.41) is 0. The van der Waals surface area contributed by atoms with Gasteiger partial charge in [-0.3, -0.25) is 4.98 Å². The molecule has 1 unspecified atom stereocenters. The average Bonchev–Trinajstić information content (AvgIpc) is 2.12. The van der Waals surface area contributed by atoms with Crippen LogP contribution in [0.2, 0.25) is 0 Å². The van der Waals surface area contributed by atoms with Crippen molar-refractivity contribution in [3.8, 4) is 0 Å². The molecule has 0 radical (unpaired) electrons. The van der Waals surface area contributed by atoms with E-state index in [-0.39, 0.29) is 0 Å². The van der Waals surface area contributed by atoms with Gasteiger partial charge < -0.3 is 10.5 Å². The summed E-state index contributed by atoms with van der Waals surface area (Å²) < 4.78 is 5.17. The van der Waals surface area contributed by atoms with E-state index in [1.165, 1.54) is 5.56 Å². The Kier molecular flexibility index (Phi) is 2.57. The molecule has 1 fully saturated rings. The summed E-state index contributed by atoms with van der Waals surface area (Å²) in [6, 6.07) is 4.08. The molecule has 1 saturated heterocycles. The molecule has 2 heterocycles. The van der Waals surface area contributed by atoms with Crippen molar-refractivity contribution in [2.45, 2.75) is 5.92 Å². The van der Waals surface area contributed by atoms with Crippen LogP contribution in [0.4, 0.5) is 0 Å². The van der Waals surface area contributed by atoms with Crippen LogP contribution in [0.15, 0.2) is 24.5 Å². The van der Waals surface area contributed by atoms with Gasteiger partial charge in [0.1, 0.15) is 0 Å². The van der Waals surface area contributed by atoms with Gasteiger partial charge in [0.05, 0.1) is 13.2 Å². The lowest BCUT2D eigenvalue weighted by molar-refractivity contribution is -0.0437. The zero-order valence-corrected chi connectivity index (χ0v) is 7.52. The normalized spacial score (nSPS) is 19.5. The lowest BCUT2D eigenvalue weighted by atomic mass is 9.85. The predicted octanol–water partition coefficient (Wildman–Crippen LogP) is 0.770. The molecule has 0 aromatic carbocycles. The number of rotatable bonds is 3. The van der Waals surface area contributed by atoms with E-state index < -0.39 is 0 Å². The number of pyridine rings is 1. The Balaban J connectivity index is 2.12. The third kappa shape index (κ3) is 1.71. The third-order valence-electron chi connectivity index (χ3n) is 2.62. The van der Waals surface area contributed by atoms with Crippen molar-refractivity contribution in [3.05, 3.63) is 30.1 Å². The van der Waals surface area contributed by atoms with Gasteiger partial charge in [-0.05, 0) is 24.2 Å². The van der Waals surface area contributed by atoms with Gasteiger partial charge in [0.15, 0.2) is 0 Å². The SMILES string of the molecule is NCC(c1ccncc1)C1COC1. The van der Waals surface area contributed by atoms with Crippen LogP contribution in [-0.2, 0) is 4.74 Å². The second kappa shape index (κ2) is 3.85. The highest BCUT2D eigenvalue weighted by Gasteiger charge is 2.28. The monoisotopic (exact) mass is 178 g/mol. The summed E-state index contributed by atoms with van der Waals surface area (Å²) in [5.41, 5.74) is 7.02. The Labute approximate surface area is 77.9 Å². The van der Waals surface area contributed by atoms with Gasteiger partial charge in [0.2, 0.25) is 0 Å². The summed E-state index contributed by atoms with van der Waals surface area (Å²) in [6.07, 6.45) is 3.63. The molecule has 0 aliphatic carbocycles. The number of hydrogen-bond acceptors (Lipinski definition) is 3. The molecule has 3 heteroatoms. The molecule has 2 rings (SSSR count). The number of aromatic nitrogens is 1. The van der Waals surface area contributed by atoms with E-state index in [0.717, 1.165) is 13.2 Å². The fourth-order valence-electron chi connectivity index (χ4n) is 1.70. The molecule has 3 nitrogen and oxygen atoms in total. The van der Waals surface area contributed by atoms with E-state index in [4.69, 9.17) is 10.5 Å². The van der Waals surface area contributed by atoms with Crippen molar-refractivity contribution >= 4 is 0 Å². The topological polar surface area (TPSA) is 48.1 Å². The molecule has 0 bridgehead atoms. The van der Waals surface area contributed by atoms with Crippen LogP contribution in [0.3, 0.4) is 0 Å². The Morgan fingerprint density at radius 2 is 2.15 bits per heavy atom. The lowest BCUT2D eigenvalue weighted by Gasteiger charge is -2.33. The number of nitrogens with two attached hydrogens (primary N) is 1. The lowest BCUT2D eigenvalue weighted by Crippen LogP contribution is -2.36.